The Morgan fingerprint density at radius 2 is 2.30 bits per heavy atom. The summed E-state index contributed by atoms with van der Waals surface area (Å²) < 4.78 is 0. The van der Waals surface area contributed by atoms with Crippen molar-refractivity contribution in [3.05, 3.63) is 23.8 Å². The standard InChI is InChI=1S/C16H20N4O2S/c1-10-4-5-12-13(7-10)19-16(18-12)23-9-14(21)20-6-2-3-11(8-20)15(17)22/h4-5,7,11H,2-3,6,8-9H2,1H3,(H2,17,22)(H,18,19). The summed E-state index contributed by atoms with van der Waals surface area (Å²) >= 11 is 1.39. The van der Waals surface area contributed by atoms with Gasteiger partial charge in [-0.2, -0.15) is 0 Å². The summed E-state index contributed by atoms with van der Waals surface area (Å²) in [5, 5.41) is 0.738. The predicted octanol–water partition coefficient (Wildman–Crippen LogP) is 1.69. The van der Waals surface area contributed by atoms with Crippen molar-refractivity contribution >= 4 is 34.6 Å². The van der Waals surface area contributed by atoms with E-state index in [9.17, 15) is 9.59 Å². The minimum absolute atomic E-state index is 0.0255. The maximum atomic E-state index is 12.3. The number of amides is 2. The van der Waals surface area contributed by atoms with Crippen LogP contribution in [0, 0.1) is 12.8 Å². The first-order valence-electron chi connectivity index (χ1n) is 7.69. The third-order valence-corrected chi connectivity index (χ3v) is 4.98. The fourth-order valence-corrected chi connectivity index (χ4v) is 3.61. The average molecular weight is 332 g/mol. The van der Waals surface area contributed by atoms with E-state index in [4.69, 9.17) is 5.73 Å². The van der Waals surface area contributed by atoms with Gasteiger partial charge in [0, 0.05) is 13.1 Å². The van der Waals surface area contributed by atoms with Gasteiger partial charge in [0.2, 0.25) is 11.8 Å². The number of piperidine rings is 1. The van der Waals surface area contributed by atoms with Gasteiger partial charge in [-0.15, -0.1) is 0 Å². The van der Waals surface area contributed by atoms with Crippen LogP contribution in [0.2, 0.25) is 0 Å². The second kappa shape index (κ2) is 6.62. The van der Waals surface area contributed by atoms with Crippen LogP contribution in [0.25, 0.3) is 11.0 Å². The number of rotatable bonds is 4. The smallest absolute Gasteiger partial charge is 0.233 e. The monoisotopic (exact) mass is 332 g/mol. The molecule has 1 aliphatic heterocycles. The van der Waals surface area contributed by atoms with Gasteiger partial charge in [-0.25, -0.2) is 4.98 Å². The summed E-state index contributed by atoms with van der Waals surface area (Å²) in [5.41, 5.74) is 8.40. The van der Waals surface area contributed by atoms with E-state index in [0.717, 1.165) is 29.0 Å². The van der Waals surface area contributed by atoms with Gasteiger partial charge < -0.3 is 15.6 Å². The van der Waals surface area contributed by atoms with Gasteiger partial charge in [0.05, 0.1) is 22.7 Å². The molecule has 1 aliphatic rings. The van der Waals surface area contributed by atoms with Crippen LogP contribution >= 0.6 is 11.8 Å². The van der Waals surface area contributed by atoms with Crippen LogP contribution in [-0.4, -0.2) is 45.5 Å². The fraction of sp³-hybridized carbons (Fsp3) is 0.438. The highest BCUT2D eigenvalue weighted by Crippen LogP contribution is 2.22. The molecule has 2 heterocycles. The highest BCUT2D eigenvalue weighted by molar-refractivity contribution is 7.99. The van der Waals surface area contributed by atoms with Crippen LogP contribution in [0.15, 0.2) is 23.4 Å². The topological polar surface area (TPSA) is 92.1 Å². The summed E-state index contributed by atoms with van der Waals surface area (Å²) in [7, 11) is 0. The van der Waals surface area contributed by atoms with Crippen LogP contribution in [0.3, 0.4) is 0 Å². The Morgan fingerprint density at radius 3 is 3.09 bits per heavy atom. The number of likely N-dealkylation sites (tertiary alicyclic amines) is 1. The van der Waals surface area contributed by atoms with E-state index in [-0.39, 0.29) is 17.7 Å². The molecule has 0 aliphatic carbocycles. The molecular formula is C16H20N4O2S. The Kier molecular flexibility index (Phi) is 4.56. The number of nitrogens with one attached hydrogen (secondary N) is 1. The van der Waals surface area contributed by atoms with Crippen LogP contribution in [0.1, 0.15) is 18.4 Å². The van der Waals surface area contributed by atoms with Crippen molar-refractivity contribution in [2.45, 2.75) is 24.9 Å². The average Bonchev–Trinajstić information content (AvgIpc) is 2.94. The summed E-state index contributed by atoms with van der Waals surface area (Å²) in [4.78, 5) is 33.1. The molecule has 2 amide bonds. The second-order valence-electron chi connectivity index (χ2n) is 5.93. The summed E-state index contributed by atoms with van der Waals surface area (Å²) in [5.74, 6) is -0.197. The van der Waals surface area contributed by atoms with Crippen LogP contribution < -0.4 is 5.73 Å². The summed E-state index contributed by atoms with van der Waals surface area (Å²) in [6.45, 7) is 3.17. The first kappa shape index (κ1) is 15.9. The number of aryl methyl sites for hydroxylation is 1. The Labute approximate surface area is 138 Å². The van der Waals surface area contributed by atoms with Crippen molar-refractivity contribution < 1.29 is 9.59 Å². The molecule has 6 nitrogen and oxygen atoms in total. The van der Waals surface area contributed by atoms with Crippen LogP contribution in [0.4, 0.5) is 0 Å². The number of thioether (sulfide) groups is 1. The first-order valence-corrected chi connectivity index (χ1v) is 8.68. The van der Waals surface area contributed by atoms with E-state index in [1.807, 2.05) is 25.1 Å². The van der Waals surface area contributed by atoms with Crippen molar-refractivity contribution in [3.8, 4) is 0 Å². The van der Waals surface area contributed by atoms with E-state index in [0.29, 0.717) is 18.8 Å². The van der Waals surface area contributed by atoms with Gasteiger partial charge in [0.1, 0.15) is 0 Å². The lowest BCUT2D eigenvalue weighted by Crippen LogP contribution is -2.44. The Balaban J connectivity index is 1.60. The van der Waals surface area contributed by atoms with E-state index >= 15 is 0 Å². The molecule has 7 heteroatoms. The molecule has 0 saturated carbocycles. The summed E-state index contributed by atoms with van der Waals surface area (Å²) in [6.07, 6.45) is 1.60. The maximum Gasteiger partial charge on any atom is 0.233 e. The molecule has 2 aromatic rings. The van der Waals surface area contributed by atoms with Gasteiger partial charge >= 0.3 is 0 Å². The van der Waals surface area contributed by atoms with Crippen molar-refractivity contribution in [1.82, 2.24) is 14.9 Å². The zero-order chi connectivity index (χ0) is 16.4. The van der Waals surface area contributed by atoms with Gasteiger partial charge in [-0.3, -0.25) is 9.59 Å². The van der Waals surface area contributed by atoms with Crippen LogP contribution in [-0.2, 0) is 9.59 Å². The fourth-order valence-electron chi connectivity index (χ4n) is 2.83. The number of nitrogens with zero attached hydrogens (tertiary/aromatic N) is 2. The quantitative estimate of drug-likeness (QED) is 0.833. The molecule has 1 atom stereocenters. The van der Waals surface area contributed by atoms with E-state index in [1.165, 1.54) is 17.3 Å². The SMILES string of the molecule is Cc1ccc2nc(SCC(=O)N3CCCC(C(N)=O)C3)[nH]c2c1. The van der Waals surface area contributed by atoms with Crippen molar-refractivity contribution in [2.24, 2.45) is 11.7 Å². The molecule has 0 spiro atoms. The summed E-state index contributed by atoms with van der Waals surface area (Å²) in [6, 6.07) is 6.02. The van der Waals surface area contributed by atoms with Gasteiger partial charge in [0.15, 0.2) is 5.16 Å². The zero-order valence-electron chi connectivity index (χ0n) is 13.0. The zero-order valence-corrected chi connectivity index (χ0v) is 13.9. The molecule has 3 N–H and O–H groups in total. The lowest BCUT2D eigenvalue weighted by atomic mass is 9.97. The maximum absolute atomic E-state index is 12.3. The number of carbonyl (C=O) groups is 2. The highest BCUT2D eigenvalue weighted by Gasteiger charge is 2.26. The number of hydrogen-bond acceptors (Lipinski definition) is 4. The normalized spacial score (nSPS) is 18.3. The van der Waals surface area contributed by atoms with Gasteiger partial charge in [-0.1, -0.05) is 17.8 Å². The number of fused-ring (bicyclic) bond motifs is 1. The molecule has 1 unspecified atom stereocenters. The van der Waals surface area contributed by atoms with E-state index < -0.39 is 0 Å². The number of aromatic amines is 1. The second-order valence-corrected chi connectivity index (χ2v) is 6.90. The van der Waals surface area contributed by atoms with Crippen molar-refractivity contribution in [1.29, 1.82) is 0 Å². The van der Waals surface area contributed by atoms with E-state index in [1.54, 1.807) is 4.90 Å². The Morgan fingerprint density at radius 1 is 1.48 bits per heavy atom. The number of imidazole rings is 1. The molecule has 1 fully saturated rings. The molecule has 122 valence electrons. The third kappa shape index (κ3) is 3.67. The number of benzene rings is 1. The number of carbonyl (C=O) groups excluding carboxylic acids is 2. The highest BCUT2D eigenvalue weighted by atomic mass is 32.2. The molecule has 1 aromatic carbocycles. The number of H-pyrrole nitrogens is 1. The predicted molar refractivity (Wildman–Crippen MR) is 90.1 cm³/mol. The lowest BCUT2D eigenvalue weighted by Gasteiger charge is -2.31. The number of hydrogen-bond donors (Lipinski definition) is 2. The number of aromatic nitrogens is 2. The molecular weight excluding hydrogens is 312 g/mol. The molecule has 0 radical (unpaired) electrons. The third-order valence-electron chi connectivity index (χ3n) is 4.12. The molecule has 23 heavy (non-hydrogen) atoms. The van der Waals surface area contributed by atoms with Gasteiger partial charge in [0.25, 0.3) is 0 Å². The largest absolute Gasteiger partial charge is 0.369 e. The van der Waals surface area contributed by atoms with Crippen LogP contribution in [0.5, 0.6) is 0 Å². The van der Waals surface area contributed by atoms with Crippen molar-refractivity contribution in [3.63, 3.8) is 0 Å². The minimum Gasteiger partial charge on any atom is -0.369 e. The molecule has 1 saturated heterocycles. The minimum atomic E-state index is -0.317. The number of primary amides is 1. The van der Waals surface area contributed by atoms with E-state index in [2.05, 4.69) is 9.97 Å². The van der Waals surface area contributed by atoms with Crippen molar-refractivity contribution in [2.75, 3.05) is 18.8 Å². The Hall–Kier alpha value is -2.02. The Bertz CT molecular complexity index is 743. The number of nitrogens with two attached hydrogens (primary N) is 1. The molecule has 1 aromatic heterocycles. The first-order chi connectivity index (χ1) is 11.0. The molecule has 3 rings (SSSR count). The molecule has 0 bridgehead atoms. The lowest BCUT2D eigenvalue weighted by molar-refractivity contribution is -0.132. The van der Waals surface area contributed by atoms with Gasteiger partial charge in [-0.05, 0) is 37.5 Å².